The molecule has 0 saturated heterocycles. The maximum Gasteiger partial charge on any atom is 0.139 e. The van der Waals surface area contributed by atoms with Gasteiger partial charge in [0.15, 0.2) is 0 Å². The van der Waals surface area contributed by atoms with E-state index >= 15 is 0 Å². The molecule has 0 atom stereocenters. The van der Waals surface area contributed by atoms with Gasteiger partial charge in [0, 0.05) is 5.56 Å². The molecule has 0 bridgehead atoms. The van der Waals surface area contributed by atoms with Gasteiger partial charge in [-0.3, -0.25) is 0 Å². The highest BCUT2D eigenvalue weighted by molar-refractivity contribution is 14.1. The molecule has 0 saturated carbocycles. The van der Waals surface area contributed by atoms with Crippen LogP contribution in [0, 0.1) is 3.70 Å². The third-order valence-corrected chi connectivity index (χ3v) is 1.94. The van der Waals surface area contributed by atoms with Gasteiger partial charge in [0.2, 0.25) is 0 Å². The number of hydrogen-bond acceptors (Lipinski definition) is 3. The lowest BCUT2D eigenvalue weighted by Gasteiger charge is -1.94. The van der Waals surface area contributed by atoms with Crippen LogP contribution in [0.4, 0.5) is 0 Å². The number of halogens is 2. The second kappa shape index (κ2) is 3.87. The molecule has 0 amide bonds. The Morgan fingerprint density at radius 3 is 2.91 bits per heavy atom. The summed E-state index contributed by atoms with van der Waals surface area (Å²) in [5.74, 6) is 0. The Kier molecular flexibility index (Phi) is 3.07. The first-order valence-corrected chi connectivity index (χ1v) is 4.19. The highest BCUT2D eigenvalue weighted by atomic mass is 127. The number of rotatable bonds is 1. The van der Waals surface area contributed by atoms with Gasteiger partial charge in [-0.15, -0.1) is 0 Å². The lowest BCUT2D eigenvalue weighted by molar-refractivity contribution is 0.322. The zero-order chi connectivity index (χ0) is 8.27. The second-order valence-corrected chi connectivity index (χ2v) is 3.22. The van der Waals surface area contributed by atoms with Crippen LogP contribution in [0.1, 0.15) is 5.56 Å². The minimum atomic E-state index is 0.342. The predicted octanol–water partition coefficient (Wildman–Crippen LogP) is 2.15. The van der Waals surface area contributed by atoms with Gasteiger partial charge in [-0.25, -0.2) is 4.98 Å². The van der Waals surface area contributed by atoms with Gasteiger partial charge in [0.05, 0.1) is 6.21 Å². The summed E-state index contributed by atoms with van der Waals surface area (Å²) in [7, 11) is 0. The molecule has 0 aromatic carbocycles. The standard InChI is InChI=1S/C6H4ClIN2O/c7-6-4(3-9-11)1-2-5(8)10-6/h1-3,11H/b9-3+. The van der Waals surface area contributed by atoms with Crippen LogP contribution >= 0.6 is 34.2 Å². The Balaban J connectivity index is 3.09. The van der Waals surface area contributed by atoms with Crippen LogP contribution in [0.25, 0.3) is 0 Å². The van der Waals surface area contributed by atoms with Crippen LogP contribution in [-0.2, 0) is 0 Å². The quantitative estimate of drug-likeness (QED) is 0.282. The summed E-state index contributed by atoms with van der Waals surface area (Å²) < 4.78 is 0.808. The van der Waals surface area contributed by atoms with E-state index in [1.165, 1.54) is 6.21 Å². The van der Waals surface area contributed by atoms with E-state index in [1.54, 1.807) is 12.1 Å². The molecule has 0 unspecified atom stereocenters. The first kappa shape index (κ1) is 8.73. The van der Waals surface area contributed by atoms with Crippen molar-refractivity contribution in [2.75, 3.05) is 0 Å². The average molecular weight is 282 g/mol. The lowest BCUT2D eigenvalue weighted by atomic mass is 10.3. The van der Waals surface area contributed by atoms with E-state index < -0.39 is 0 Å². The molecule has 1 aromatic heterocycles. The zero-order valence-electron chi connectivity index (χ0n) is 5.33. The van der Waals surface area contributed by atoms with Gasteiger partial charge in [0.1, 0.15) is 8.85 Å². The lowest BCUT2D eigenvalue weighted by Crippen LogP contribution is -1.88. The molecule has 3 nitrogen and oxygen atoms in total. The van der Waals surface area contributed by atoms with Gasteiger partial charge in [-0.05, 0) is 34.7 Å². The molecule has 0 spiro atoms. The first-order valence-electron chi connectivity index (χ1n) is 2.73. The first-order chi connectivity index (χ1) is 5.24. The molecule has 58 valence electrons. The van der Waals surface area contributed by atoms with Gasteiger partial charge in [0.25, 0.3) is 0 Å². The Labute approximate surface area is 82.2 Å². The Morgan fingerprint density at radius 1 is 1.64 bits per heavy atom. The van der Waals surface area contributed by atoms with Crippen LogP contribution in [-0.4, -0.2) is 16.4 Å². The molecule has 0 fully saturated rings. The molecule has 1 heterocycles. The topological polar surface area (TPSA) is 45.5 Å². The highest BCUT2D eigenvalue weighted by Gasteiger charge is 1.98. The summed E-state index contributed by atoms with van der Waals surface area (Å²) in [6.07, 6.45) is 1.24. The van der Waals surface area contributed by atoms with Crippen LogP contribution in [0.15, 0.2) is 17.3 Å². The fraction of sp³-hybridized carbons (Fsp3) is 0. The van der Waals surface area contributed by atoms with E-state index in [2.05, 4.69) is 10.1 Å². The number of hydrogen-bond donors (Lipinski definition) is 1. The Bertz CT molecular complexity index is 290. The van der Waals surface area contributed by atoms with Crippen molar-refractivity contribution in [1.29, 1.82) is 0 Å². The summed E-state index contributed by atoms with van der Waals surface area (Å²) in [5, 5.41) is 11.4. The average Bonchev–Trinajstić information content (AvgIpc) is 1.95. The van der Waals surface area contributed by atoms with E-state index in [9.17, 15) is 0 Å². The third-order valence-electron chi connectivity index (χ3n) is 1.04. The SMILES string of the molecule is O/N=C/c1ccc(I)nc1Cl. The van der Waals surface area contributed by atoms with Crippen LogP contribution in [0.2, 0.25) is 5.15 Å². The monoisotopic (exact) mass is 282 g/mol. The fourth-order valence-electron chi connectivity index (χ4n) is 0.581. The maximum absolute atomic E-state index is 8.19. The van der Waals surface area contributed by atoms with E-state index in [-0.39, 0.29) is 0 Å². The van der Waals surface area contributed by atoms with Crippen molar-refractivity contribution in [1.82, 2.24) is 4.98 Å². The molecule has 5 heteroatoms. The molecule has 1 N–H and O–H groups in total. The maximum atomic E-state index is 8.19. The molecule has 11 heavy (non-hydrogen) atoms. The minimum Gasteiger partial charge on any atom is -0.411 e. The number of nitrogens with zero attached hydrogens (tertiary/aromatic N) is 2. The van der Waals surface area contributed by atoms with Crippen molar-refractivity contribution in [3.8, 4) is 0 Å². The molecular formula is C6H4ClIN2O. The third kappa shape index (κ3) is 2.30. The van der Waals surface area contributed by atoms with Crippen LogP contribution < -0.4 is 0 Å². The molecule has 0 radical (unpaired) electrons. The summed E-state index contributed by atoms with van der Waals surface area (Å²) in [6.45, 7) is 0. The van der Waals surface area contributed by atoms with Crippen molar-refractivity contribution in [3.63, 3.8) is 0 Å². The number of aromatic nitrogens is 1. The van der Waals surface area contributed by atoms with Crippen molar-refractivity contribution in [2.45, 2.75) is 0 Å². The molecule has 0 aliphatic rings. The van der Waals surface area contributed by atoms with Crippen LogP contribution in [0.5, 0.6) is 0 Å². The van der Waals surface area contributed by atoms with E-state index in [4.69, 9.17) is 16.8 Å². The smallest absolute Gasteiger partial charge is 0.139 e. The Hall–Kier alpha value is -0.360. The molecule has 0 aliphatic heterocycles. The Morgan fingerprint density at radius 2 is 2.36 bits per heavy atom. The summed E-state index contributed by atoms with van der Waals surface area (Å²) in [4.78, 5) is 3.94. The number of pyridine rings is 1. The van der Waals surface area contributed by atoms with Gasteiger partial charge in [-0.1, -0.05) is 16.8 Å². The molecule has 1 rings (SSSR count). The minimum absolute atomic E-state index is 0.342. The van der Waals surface area contributed by atoms with Gasteiger partial charge < -0.3 is 5.21 Å². The fourth-order valence-corrected chi connectivity index (χ4v) is 1.35. The highest BCUT2D eigenvalue weighted by Crippen LogP contribution is 2.12. The molecule has 0 aliphatic carbocycles. The van der Waals surface area contributed by atoms with Crippen LogP contribution in [0.3, 0.4) is 0 Å². The van der Waals surface area contributed by atoms with Crippen molar-refractivity contribution < 1.29 is 5.21 Å². The zero-order valence-corrected chi connectivity index (χ0v) is 8.24. The van der Waals surface area contributed by atoms with E-state index in [1.807, 2.05) is 22.6 Å². The van der Waals surface area contributed by atoms with Gasteiger partial charge >= 0.3 is 0 Å². The second-order valence-electron chi connectivity index (χ2n) is 1.76. The summed E-state index contributed by atoms with van der Waals surface area (Å²) >= 11 is 7.74. The van der Waals surface area contributed by atoms with E-state index in [0.29, 0.717) is 10.7 Å². The predicted molar refractivity (Wildman–Crippen MR) is 51.3 cm³/mol. The summed E-state index contributed by atoms with van der Waals surface area (Å²) in [5.41, 5.74) is 0.606. The molecule has 1 aromatic rings. The normalized spacial score (nSPS) is 10.7. The van der Waals surface area contributed by atoms with Crippen molar-refractivity contribution in [3.05, 3.63) is 26.5 Å². The van der Waals surface area contributed by atoms with Crippen molar-refractivity contribution in [2.24, 2.45) is 5.16 Å². The molecular weight excluding hydrogens is 278 g/mol. The largest absolute Gasteiger partial charge is 0.411 e. The van der Waals surface area contributed by atoms with Crippen molar-refractivity contribution >= 4 is 40.4 Å². The van der Waals surface area contributed by atoms with E-state index in [0.717, 1.165) is 3.70 Å². The number of oxime groups is 1. The van der Waals surface area contributed by atoms with Gasteiger partial charge in [-0.2, -0.15) is 0 Å². The summed E-state index contributed by atoms with van der Waals surface area (Å²) in [6, 6.07) is 3.51.